The molecule has 1 aliphatic rings. The summed E-state index contributed by atoms with van der Waals surface area (Å²) in [6.07, 6.45) is 4.66. The fraction of sp³-hybridized carbons (Fsp3) is 0.438. The molecule has 0 spiro atoms. The first-order chi connectivity index (χ1) is 12.0. The maximum absolute atomic E-state index is 6.29. The van der Waals surface area contributed by atoms with Crippen molar-refractivity contribution >= 4 is 27.4 Å². The minimum atomic E-state index is 0.0879. The number of aryl methyl sites for hydroxylation is 3. The van der Waals surface area contributed by atoms with Crippen LogP contribution in [0, 0.1) is 20.8 Å². The Morgan fingerprint density at radius 2 is 1.92 bits per heavy atom. The number of aromatic nitrogens is 6. The van der Waals surface area contributed by atoms with E-state index in [0.717, 1.165) is 42.3 Å². The van der Waals surface area contributed by atoms with Crippen LogP contribution < -0.4 is 9.64 Å². The average molecular weight is 404 g/mol. The molecule has 1 aliphatic heterocycles. The lowest BCUT2D eigenvalue weighted by Gasteiger charge is -2.19. The summed E-state index contributed by atoms with van der Waals surface area (Å²) in [6.45, 7) is 7.49. The van der Waals surface area contributed by atoms with Crippen LogP contribution in [0.2, 0.25) is 0 Å². The van der Waals surface area contributed by atoms with Crippen LogP contribution in [-0.2, 0) is 0 Å². The van der Waals surface area contributed by atoms with Crippen molar-refractivity contribution in [2.45, 2.75) is 33.3 Å². The van der Waals surface area contributed by atoms with Crippen molar-refractivity contribution in [3.05, 3.63) is 34.3 Å². The van der Waals surface area contributed by atoms with E-state index >= 15 is 0 Å². The van der Waals surface area contributed by atoms with Crippen molar-refractivity contribution < 1.29 is 4.74 Å². The quantitative estimate of drug-likeness (QED) is 0.620. The normalized spacial score (nSPS) is 17.4. The van der Waals surface area contributed by atoms with Crippen LogP contribution in [0.25, 0.3) is 5.78 Å². The minimum Gasteiger partial charge on any atom is -0.485 e. The summed E-state index contributed by atoms with van der Waals surface area (Å²) in [7, 11) is 0. The lowest BCUT2D eigenvalue weighted by Crippen LogP contribution is -2.25. The van der Waals surface area contributed by atoms with E-state index in [1.165, 1.54) is 0 Å². The molecule has 0 unspecified atom stereocenters. The Kier molecular flexibility index (Phi) is 4.03. The molecule has 1 atom stereocenters. The predicted octanol–water partition coefficient (Wildman–Crippen LogP) is 2.26. The van der Waals surface area contributed by atoms with Crippen LogP contribution in [0.15, 0.2) is 17.1 Å². The van der Waals surface area contributed by atoms with Gasteiger partial charge >= 0.3 is 0 Å². The number of hydrogen-bond acceptors (Lipinski definition) is 7. The van der Waals surface area contributed by atoms with Gasteiger partial charge in [-0.05, 0) is 36.7 Å². The van der Waals surface area contributed by atoms with Gasteiger partial charge in [-0.3, -0.25) is 0 Å². The summed E-state index contributed by atoms with van der Waals surface area (Å²) in [6, 6.07) is 0. The maximum atomic E-state index is 6.29. The van der Waals surface area contributed by atoms with Crippen molar-refractivity contribution in [3.8, 4) is 5.75 Å². The smallest absolute Gasteiger partial charge is 0.253 e. The Bertz CT molecular complexity index is 924. The highest BCUT2D eigenvalue weighted by Gasteiger charge is 2.26. The minimum absolute atomic E-state index is 0.0879. The Labute approximate surface area is 153 Å². The average Bonchev–Trinajstić information content (AvgIpc) is 3.18. The Hall–Kier alpha value is -2.29. The molecule has 1 saturated heterocycles. The van der Waals surface area contributed by atoms with Crippen molar-refractivity contribution in [1.29, 1.82) is 0 Å². The predicted molar refractivity (Wildman–Crippen MR) is 96.0 cm³/mol. The highest BCUT2D eigenvalue weighted by Crippen LogP contribution is 2.27. The fourth-order valence-corrected chi connectivity index (χ4v) is 3.33. The molecule has 130 valence electrons. The van der Waals surface area contributed by atoms with E-state index in [9.17, 15) is 0 Å². The molecule has 0 amide bonds. The molecular formula is C16H18BrN7O. The number of nitrogens with zero attached hydrogens (tertiary/aromatic N) is 7. The second-order valence-electron chi connectivity index (χ2n) is 6.17. The number of ether oxygens (including phenoxy) is 1. The monoisotopic (exact) mass is 403 g/mol. The number of hydrogen-bond donors (Lipinski definition) is 0. The largest absolute Gasteiger partial charge is 0.485 e. The van der Waals surface area contributed by atoms with Gasteiger partial charge in [-0.25, -0.2) is 15.0 Å². The van der Waals surface area contributed by atoms with Crippen molar-refractivity contribution in [3.63, 3.8) is 0 Å². The summed E-state index contributed by atoms with van der Waals surface area (Å²) < 4.78 is 8.62. The molecule has 25 heavy (non-hydrogen) atoms. The van der Waals surface area contributed by atoms with Gasteiger partial charge in [-0.1, -0.05) is 0 Å². The second-order valence-corrected chi connectivity index (χ2v) is 6.88. The zero-order valence-corrected chi connectivity index (χ0v) is 15.9. The standard InChI is InChI=1S/C16H18BrN7O/c1-9-14(10(2)24-16(20-9)21-11(3)22-24)25-13-4-5-23(8-13)12-6-18-15(17)19-7-12/h6-7,13H,4-5,8H2,1-3H3/t13-/m1/s1. The summed E-state index contributed by atoms with van der Waals surface area (Å²) in [5.74, 6) is 2.10. The van der Waals surface area contributed by atoms with Gasteiger partial charge < -0.3 is 9.64 Å². The van der Waals surface area contributed by atoms with Crippen LogP contribution >= 0.6 is 15.9 Å². The highest BCUT2D eigenvalue weighted by molar-refractivity contribution is 9.10. The van der Waals surface area contributed by atoms with E-state index in [2.05, 4.69) is 45.9 Å². The van der Waals surface area contributed by atoms with Crippen LogP contribution in [-0.4, -0.2) is 48.7 Å². The molecule has 9 heteroatoms. The highest BCUT2D eigenvalue weighted by atomic mass is 79.9. The van der Waals surface area contributed by atoms with Gasteiger partial charge in [0.25, 0.3) is 5.78 Å². The molecule has 0 radical (unpaired) electrons. The van der Waals surface area contributed by atoms with Crippen LogP contribution in [0.4, 0.5) is 5.69 Å². The summed E-state index contributed by atoms with van der Waals surface area (Å²) in [5.41, 5.74) is 2.76. The first-order valence-electron chi connectivity index (χ1n) is 8.11. The fourth-order valence-electron chi connectivity index (χ4n) is 3.12. The summed E-state index contributed by atoms with van der Waals surface area (Å²) in [4.78, 5) is 19.5. The molecule has 4 rings (SSSR count). The molecule has 0 N–H and O–H groups in total. The molecule has 3 aromatic rings. The number of fused-ring (bicyclic) bond motifs is 1. The van der Waals surface area contributed by atoms with E-state index < -0.39 is 0 Å². The number of rotatable bonds is 3. The number of anilines is 1. The second kappa shape index (κ2) is 6.21. The SMILES string of the molecule is Cc1nc2nc(C)c(O[C@@H]3CCN(c4cnc(Br)nc4)C3)c(C)n2n1. The topological polar surface area (TPSA) is 81.3 Å². The van der Waals surface area contributed by atoms with Crippen molar-refractivity contribution in [2.75, 3.05) is 18.0 Å². The molecule has 0 aliphatic carbocycles. The molecule has 0 saturated carbocycles. The van der Waals surface area contributed by atoms with Gasteiger partial charge in [0.1, 0.15) is 11.9 Å². The molecule has 0 aromatic carbocycles. The van der Waals surface area contributed by atoms with Crippen LogP contribution in [0.3, 0.4) is 0 Å². The van der Waals surface area contributed by atoms with Crippen molar-refractivity contribution in [1.82, 2.24) is 29.5 Å². The third kappa shape index (κ3) is 3.04. The van der Waals surface area contributed by atoms with Gasteiger partial charge in [0.15, 0.2) is 10.5 Å². The van der Waals surface area contributed by atoms with Crippen LogP contribution in [0.5, 0.6) is 5.75 Å². The first-order valence-corrected chi connectivity index (χ1v) is 8.90. The molecule has 3 aromatic heterocycles. The van der Waals surface area contributed by atoms with Crippen LogP contribution in [0.1, 0.15) is 23.6 Å². The summed E-state index contributed by atoms with van der Waals surface area (Å²) in [5, 5.41) is 4.39. The summed E-state index contributed by atoms with van der Waals surface area (Å²) >= 11 is 3.26. The van der Waals surface area contributed by atoms with Gasteiger partial charge in [-0.15, -0.1) is 5.10 Å². The van der Waals surface area contributed by atoms with E-state index in [4.69, 9.17) is 4.74 Å². The molecule has 4 heterocycles. The zero-order chi connectivity index (χ0) is 17.6. The van der Waals surface area contributed by atoms with E-state index in [1.54, 1.807) is 4.52 Å². The van der Waals surface area contributed by atoms with E-state index in [1.807, 2.05) is 33.2 Å². The zero-order valence-electron chi connectivity index (χ0n) is 14.3. The molecular weight excluding hydrogens is 386 g/mol. The van der Waals surface area contributed by atoms with Crippen molar-refractivity contribution in [2.24, 2.45) is 0 Å². The van der Waals surface area contributed by atoms with Gasteiger partial charge in [-0.2, -0.15) is 9.50 Å². The maximum Gasteiger partial charge on any atom is 0.253 e. The lowest BCUT2D eigenvalue weighted by atomic mass is 10.3. The van der Waals surface area contributed by atoms with E-state index in [-0.39, 0.29) is 6.10 Å². The molecule has 0 bridgehead atoms. The van der Waals surface area contributed by atoms with E-state index in [0.29, 0.717) is 16.3 Å². The first kappa shape index (κ1) is 16.2. The molecule has 1 fully saturated rings. The third-order valence-corrected chi connectivity index (χ3v) is 4.75. The van der Waals surface area contributed by atoms with Gasteiger partial charge in [0.2, 0.25) is 0 Å². The Balaban J connectivity index is 1.55. The lowest BCUT2D eigenvalue weighted by molar-refractivity contribution is 0.219. The third-order valence-electron chi connectivity index (χ3n) is 4.34. The molecule has 8 nitrogen and oxygen atoms in total. The number of halogens is 1. The Morgan fingerprint density at radius 1 is 1.16 bits per heavy atom. The van der Waals surface area contributed by atoms with Gasteiger partial charge in [0, 0.05) is 13.0 Å². The Morgan fingerprint density at radius 3 is 2.68 bits per heavy atom. The van der Waals surface area contributed by atoms with Gasteiger partial charge in [0.05, 0.1) is 36.0 Å².